The van der Waals surface area contributed by atoms with E-state index in [0.717, 1.165) is 38.9 Å². The van der Waals surface area contributed by atoms with Gasteiger partial charge in [0.1, 0.15) is 28.8 Å². The highest BCUT2D eigenvalue weighted by Crippen LogP contribution is 2.38. The predicted molar refractivity (Wildman–Crippen MR) is 192 cm³/mol. The van der Waals surface area contributed by atoms with Gasteiger partial charge in [0.05, 0.1) is 32.0 Å². The number of urea groups is 1. The zero-order valence-corrected chi connectivity index (χ0v) is 28.2. The third-order valence-electron chi connectivity index (χ3n) is 7.46. The number of nitrogens with one attached hydrogen (secondary N) is 3. The Kier molecular flexibility index (Phi) is 10.3. The number of carbonyl (C=O) groups excluding carboxylic acids is 2. The highest BCUT2D eigenvalue weighted by molar-refractivity contribution is 7.97. The Bertz CT molecular complexity index is 1960. The number of hydrogen-bond acceptors (Lipinski definition) is 9. The fourth-order valence-corrected chi connectivity index (χ4v) is 5.55. The van der Waals surface area contributed by atoms with Crippen LogP contribution in [-0.2, 0) is 16.6 Å². The minimum Gasteiger partial charge on any atom is -0.497 e. The van der Waals surface area contributed by atoms with Crippen LogP contribution in [-0.4, -0.2) is 31.1 Å². The van der Waals surface area contributed by atoms with Gasteiger partial charge in [-0.2, -0.15) is 0 Å². The minimum absolute atomic E-state index is 0.0279. The van der Waals surface area contributed by atoms with Gasteiger partial charge in [0.2, 0.25) is 5.91 Å². The first-order valence-electron chi connectivity index (χ1n) is 15.0. The van der Waals surface area contributed by atoms with Gasteiger partial charge in [-0.05, 0) is 59.3 Å². The van der Waals surface area contributed by atoms with Crippen molar-refractivity contribution in [2.75, 3.05) is 30.2 Å². The van der Waals surface area contributed by atoms with Crippen LogP contribution in [0.2, 0.25) is 0 Å². The Labute approximate surface area is 283 Å². The molecule has 0 saturated heterocycles. The number of pyridine rings is 1. The van der Waals surface area contributed by atoms with Crippen LogP contribution in [0, 0.1) is 0 Å². The number of ether oxygens (including phenoxy) is 3. The fraction of sp³-hybridized carbons (Fsp3) is 0.194. The van der Waals surface area contributed by atoms with Crippen molar-refractivity contribution >= 4 is 57.5 Å². The molecular formula is C36H38N6O5S. The maximum Gasteiger partial charge on any atom is 0.323 e. The van der Waals surface area contributed by atoms with Crippen LogP contribution in [0.25, 0.3) is 10.8 Å². The second kappa shape index (κ2) is 14.5. The Hall–Kier alpha value is -5.46. The lowest BCUT2D eigenvalue weighted by molar-refractivity contribution is -0.117. The van der Waals surface area contributed by atoms with Crippen molar-refractivity contribution in [1.29, 1.82) is 0 Å². The van der Waals surface area contributed by atoms with Gasteiger partial charge in [0, 0.05) is 45.2 Å². The molecule has 1 aromatic heterocycles. The minimum atomic E-state index is -0.500. The van der Waals surface area contributed by atoms with Crippen molar-refractivity contribution in [3.63, 3.8) is 0 Å². The van der Waals surface area contributed by atoms with Crippen LogP contribution in [0.4, 0.5) is 27.7 Å². The molecule has 11 nitrogen and oxygen atoms in total. The van der Waals surface area contributed by atoms with E-state index in [1.54, 1.807) is 37.6 Å². The normalized spacial score (nSPS) is 11.1. The number of anilines is 4. The van der Waals surface area contributed by atoms with Gasteiger partial charge in [-0.25, -0.2) is 9.78 Å². The molecule has 1 heterocycles. The van der Waals surface area contributed by atoms with Gasteiger partial charge < -0.3 is 35.9 Å². The van der Waals surface area contributed by atoms with E-state index in [0.29, 0.717) is 45.8 Å². The summed E-state index contributed by atoms with van der Waals surface area (Å²) in [5, 5.41) is 16.5. The topological polar surface area (TPSA) is 163 Å². The van der Waals surface area contributed by atoms with E-state index < -0.39 is 11.9 Å². The van der Waals surface area contributed by atoms with Crippen LogP contribution < -0.4 is 41.0 Å². The van der Waals surface area contributed by atoms with Gasteiger partial charge in [-0.1, -0.05) is 51.1 Å². The van der Waals surface area contributed by atoms with Crippen LogP contribution in [0.3, 0.4) is 0 Å². The summed E-state index contributed by atoms with van der Waals surface area (Å²) in [7, 11) is 3.09. The number of nitrogens with two attached hydrogens (primary N) is 2. The first kappa shape index (κ1) is 33.9. The molecule has 0 atom stereocenters. The van der Waals surface area contributed by atoms with E-state index in [2.05, 4.69) is 20.9 Å². The van der Waals surface area contributed by atoms with E-state index >= 15 is 0 Å². The van der Waals surface area contributed by atoms with Gasteiger partial charge in [0.15, 0.2) is 0 Å². The number of carbonyl (C=O) groups is 2. The van der Waals surface area contributed by atoms with Crippen LogP contribution in [0.15, 0.2) is 90.0 Å². The number of hydrogen-bond donors (Lipinski definition) is 5. The summed E-state index contributed by atoms with van der Waals surface area (Å²) in [4.78, 5) is 30.5. The van der Waals surface area contributed by atoms with E-state index in [1.165, 1.54) is 7.11 Å². The third-order valence-corrected chi connectivity index (χ3v) is 7.97. The second-order valence-electron chi connectivity index (χ2n) is 12.0. The van der Waals surface area contributed by atoms with Gasteiger partial charge in [0.25, 0.3) is 0 Å². The number of methoxy groups -OCH3 is 2. The average molecular weight is 667 g/mol. The summed E-state index contributed by atoms with van der Waals surface area (Å²) in [5.74, 6) is 2.26. The Balaban J connectivity index is 1.38. The summed E-state index contributed by atoms with van der Waals surface area (Å²) in [6, 6.07) is 23.6. The van der Waals surface area contributed by atoms with E-state index in [-0.39, 0.29) is 11.8 Å². The lowest BCUT2D eigenvalue weighted by Crippen LogP contribution is -2.22. The number of primary amides is 1. The summed E-state index contributed by atoms with van der Waals surface area (Å²) in [6.07, 6.45) is 1.62. The molecule has 5 rings (SSSR count). The molecule has 48 heavy (non-hydrogen) atoms. The van der Waals surface area contributed by atoms with Gasteiger partial charge in [-0.15, -0.1) is 0 Å². The molecule has 0 aliphatic heterocycles. The SMILES string of the molecule is COc1cc(Nc2cc(Oc3ccc(NC(=O)Nc4cc(C(C)(C)C)cc(CC(N)=O)c4OC)c4ccccc34)ccn2)cc(SN)c1. The molecule has 4 aromatic carbocycles. The Morgan fingerprint density at radius 1 is 0.854 bits per heavy atom. The lowest BCUT2D eigenvalue weighted by atomic mass is 9.85. The number of fused-ring (bicyclic) bond motifs is 1. The molecule has 0 aliphatic carbocycles. The molecule has 0 bridgehead atoms. The number of nitrogens with zero attached hydrogens (tertiary/aromatic N) is 1. The second-order valence-corrected chi connectivity index (χ2v) is 12.7. The van der Waals surface area contributed by atoms with Crippen molar-refractivity contribution in [2.45, 2.75) is 37.5 Å². The molecule has 0 spiro atoms. The first-order valence-corrected chi connectivity index (χ1v) is 15.9. The molecule has 0 unspecified atom stereocenters. The van der Waals surface area contributed by atoms with Crippen molar-refractivity contribution in [3.05, 3.63) is 96.2 Å². The smallest absolute Gasteiger partial charge is 0.323 e. The zero-order valence-electron chi connectivity index (χ0n) is 27.3. The highest BCUT2D eigenvalue weighted by atomic mass is 32.2. The number of amides is 3. The highest BCUT2D eigenvalue weighted by Gasteiger charge is 2.22. The van der Waals surface area contributed by atoms with E-state index in [4.69, 9.17) is 25.1 Å². The van der Waals surface area contributed by atoms with Crippen molar-refractivity contribution in [3.8, 4) is 23.0 Å². The Morgan fingerprint density at radius 2 is 1.60 bits per heavy atom. The monoisotopic (exact) mass is 666 g/mol. The fourth-order valence-electron chi connectivity index (χ4n) is 5.17. The number of rotatable bonds is 11. The quantitative estimate of drug-likeness (QED) is 0.0888. The van der Waals surface area contributed by atoms with Crippen LogP contribution >= 0.6 is 11.9 Å². The maximum atomic E-state index is 13.4. The summed E-state index contributed by atoms with van der Waals surface area (Å²) < 4.78 is 17.3. The molecule has 248 valence electrons. The average Bonchev–Trinajstić information content (AvgIpc) is 3.05. The maximum absolute atomic E-state index is 13.4. The molecule has 0 saturated carbocycles. The van der Waals surface area contributed by atoms with E-state index in [9.17, 15) is 9.59 Å². The number of aromatic nitrogens is 1. The molecular weight excluding hydrogens is 629 g/mol. The predicted octanol–water partition coefficient (Wildman–Crippen LogP) is 7.72. The Morgan fingerprint density at radius 3 is 2.29 bits per heavy atom. The third kappa shape index (κ3) is 8.08. The first-order chi connectivity index (χ1) is 23.0. The zero-order chi connectivity index (χ0) is 34.4. The molecule has 0 radical (unpaired) electrons. The van der Waals surface area contributed by atoms with Crippen molar-refractivity contribution in [1.82, 2.24) is 4.98 Å². The molecule has 12 heteroatoms. The van der Waals surface area contributed by atoms with Crippen molar-refractivity contribution in [2.24, 2.45) is 10.9 Å². The van der Waals surface area contributed by atoms with Crippen LogP contribution in [0.1, 0.15) is 31.9 Å². The summed E-state index contributed by atoms with van der Waals surface area (Å²) in [6.45, 7) is 6.14. The summed E-state index contributed by atoms with van der Waals surface area (Å²) in [5.41, 5.74) is 8.53. The van der Waals surface area contributed by atoms with Crippen LogP contribution in [0.5, 0.6) is 23.0 Å². The number of benzene rings is 4. The van der Waals surface area contributed by atoms with Gasteiger partial charge in [-0.3, -0.25) is 9.93 Å². The summed E-state index contributed by atoms with van der Waals surface area (Å²) >= 11 is 1.12. The molecule has 0 fully saturated rings. The molecule has 5 aromatic rings. The molecule has 3 amide bonds. The van der Waals surface area contributed by atoms with E-state index in [1.807, 2.05) is 75.4 Å². The largest absolute Gasteiger partial charge is 0.497 e. The standard InChI is InChI=1S/C36H38N6O5S/c1-36(2,3)22-14-21(15-32(37)43)34(46-5)30(16-22)42-35(44)41-29-10-11-31(28-9-7-6-8-27(28)29)47-24-12-13-39-33(20-24)40-23-17-25(45-4)19-26(18-23)48-38/h6-14,16-20H,15,38H2,1-5H3,(H2,37,43)(H,39,40)(H2,41,42,44). The molecule has 0 aliphatic rings. The van der Waals surface area contributed by atoms with Crippen molar-refractivity contribution < 1.29 is 23.8 Å². The lowest BCUT2D eigenvalue weighted by Gasteiger charge is -2.23. The molecule has 7 N–H and O–H groups in total. The van der Waals surface area contributed by atoms with Gasteiger partial charge >= 0.3 is 6.03 Å².